The van der Waals surface area contributed by atoms with Crippen LogP contribution < -0.4 is 10.6 Å². The maximum Gasteiger partial charge on any atom is 0.303 e. The monoisotopic (exact) mass is 256 g/mol. The number of amides is 1. The molecule has 0 aromatic heterocycles. The fraction of sp³-hybridized carbons (Fsp3) is 0.846. The number of carbonyl (C=O) groups excluding carboxylic acids is 1. The Kier molecular flexibility index (Phi) is 6.12. The van der Waals surface area contributed by atoms with E-state index in [0.29, 0.717) is 12.5 Å². The van der Waals surface area contributed by atoms with Crippen LogP contribution in [0.3, 0.4) is 0 Å². The van der Waals surface area contributed by atoms with Crippen LogP contribution in [0, 0.1) is 17.8 Å². The van der Waals surface area contributed by atoms with E-state index >= 15 is 0 Å². The summed E-state index contributed by atoms with van der Waals surface area (Å²) in [5.74, 6) is -0.216. The summed E-state index contributed by atoms with van der Waals surface area (Å²) in [5.41, 5.74) is 0. The van der Waals surface area contributed by atoms with Crippen LogP contribution in [0.2, 0.25) is 0 Å². The van der Waals surface area contributed by atoms with Gasteiger partial charge in [0.15, 0.2) is 0 Å². The largest absolute Gasteiger partial charge is 0.481 e. The third kappa shape index (κ3) is 5.49. The van der Waals surface area contributed by atoms with Crippen molar-refractivity contribution >= 4 is 11.9 Å². The van der Waals surface area contributed by atoms with E-state index in [-0.39, 0.29) is 24.2 Å². The standard InChI is InChI=1S/C13H24N2O3/c1-9(2)5-10(6-12(16)17)7-15-13(18)11-3-4-14-8-11/h9-11,14H,3-8H2,1-2H3,(H,15,18)(H,16,17). The average Bonchev–Trinajstić information content (AvgIpc) is 2.77. The number of hydrogen-bond acceptors (Lipinski definition) is 3. The molecule has 1 aliphatic heterocycles. The summed E-state index contributed by atoms with van der Waals surface area (Å²) in [5, 5.41) is 14.9. The molecule has 18 heavy (non-hydrogen) atoms. The lowest BCUT2D eigenvalue weighted by Gasteiger charge is -2.19. The number of carbonyl (C=O) groups is 2. The lowest BCUT2D eigenvalue weighted by atomic mass is 9.94. The first-order valence-electron chi connectivity index (χ1n) is 6.69. The van der Waals surface area contributed by atoms with E-state index in [4.69, 9.17) is 5.11 Å². The lowest BCUT2D eigenvalue weighted by Crippen LogP contribution is -2.36. The second kappa shape index (κ2) is 7.36. The minimum Gasteiger partial charge on any atom is -0.481 e. The lowest BCUT2D eigenvalue weighted by molar-refractivity contribution is -0.138. The molecule has 0 aliphatic carbocycles. The van der Waals surface area contributed by atoms with Crippen molar-refractivity contribution < 1.29 is 14.7 Å². The maximum atomic E-state index is 11.8. The summed E-state index contributed by atoms with van der Waals surface area (Å²) in [6, 6.07) is 0. The highest BCUT2D eigenvalue weighted by molar-refractivity contribution is 5.79. The van der Waals surface area contributed by atoms with Gasteiger partial charge in [-0.25, -0.2) is 0 Å². The number of hydrogen-bond donors (Lipinski definition) is 3. The van der Waals surface area contributed by atoms with E-state index in [0.717, 1.165) is 25.9 Å². The summed E-state index contributed by atoms with van der Waals surface area (Å²) in [6.45, 7) is 6.23. The van der Waals surface area contributed by atoms with Crippen LogP contribution in [0.25, 0.3) is 0 Å². The van der Waals surface area contributed by atoms with Gasteiger partial charge in [-0.1, -0.05) is 13.8 Å². The van der Waals surface area contributed by atoms with Crippen LogP contribution in [0.1, 0.15) is 33.1 Å². The Bertz CT molecular complexity index is 286. The molecule has 1 fully saturated rings. The minimum atomic E-state index is -0.794. The highest BCUT2D eigenvalue weighted by Gasteiger charge is 2.23. The van der Waals surface area contributed by atoms with Gasteiger partial charge in [-0.05, 0) is 31.2 Å². The predicted octanol–water partition coefficient (Wildman–Crippen LogP) is 0.849. The van der Waals surface area contributed by atoms with Gasteiger partial charge in [-0.2, -0.15) is 0 Å². The highest BCUT2D eigenvalue weighted by atomic mass is 16.4. The topological polar surface area (TPSA) is 78.4 Å². The SMILES string of the molecule is CC(C)CC(CNC(=O)C1CCNC1)CC(=O)O. The number of rotatable bonds is 7. The van der Waals surface area contributed by atoms with Gasteiger partial charge in [0, 0.05) is 19.5 Å². The molecule has 0 aromatic rings. The second-order valence-electron chi connectivity index (χ2n) is 5.53. The molecule has 3 N–H and O–H groups in total. The zero-order chi connectivity index (χ0) is 13.5. The fourth-order valence-corrected chi connectivity index (χ4v) is 2.42. The summed E-state index contributed by atoms with van der Waals surface area (Å²) in [4.78, 5) is 22.6. The minimum absolute atomic E-state index is 0.0285. The molecule has 2 atom stereocenters. The molecule has 0 radical (unpaired) electrons. The van der Waals surface area contributed by atoms with Crippen molar-refractivity contribution in [2.75, 3.05) is 19.6 Å². The number of carboxylic acid groups (broad SMARTS) is 1. The predicted molar refractivity (Wildman–Crippen MR) is 69.2 cm³/mol. The summed E-state index contributed by atoms with van der Waals surface area (Å²) >= 11 is 0. The van der Waals surface area contributed by atoms with Gasteiger partial charge in [0.05, 0.1) is 5.92 Å². The van der Waals surface area contributed by atoms with E-state index in [9.17, 15) is 9.59 Å². The van der Waals surface area contributed by atoms with Crippen LogP contribution >= 0.6 is 0 Å². The maximum absolute atomic E-state index is 11.8. The molecule has 0 bridgehead atoms. The van der Waals surface area contributed by atoms with Gasteiger partial charge in [-0.15, -0.1) is 0 Å². The van der Waals surface area contributed by atoms with E-state index in [1.165, 1.54) is 0 Å². The molecule has 1 aliphatic rings. The molecule has 0 saturated carbocycles. The van der Waals surface area contributed by atoms with Crippen LogP contribution in [0.5, 0.6) is 0 Å². The molecule has 1 rings (SSSR count). The van der Waals surface area contributed by atoms with Gasteiger partial charge in [0.25, 0.3) is 0 Å². The van der Waals surface area contributed by atoms with Crippen molar-refractivity contribution in [3.8, 4) is 0 Å². The van der Waals surface area contributed by atoms with Crippen molar-refractivity contribution in [1.82, 2.24) is 10.6 Å². The second-order valence-corrected chi connectivity index (χ2v) is 5.53. The Hall–Kier alpha value is -1.10. The summed E-state index contributed by atoms with van der Waals surface area (Å²) < 4.78 is 0. The highest BCUT2D eigenvalue weighted by Crippen LogP contribution is 2.15. The molecule has 0 aromatic carbocycles. The molecular weight excluding hydrogens is 232 g/mol. The Morgan fingerprint density at radius 2 is 2.17 bits per heavy atom. The first kappa shape index (κ1) is 15.0. The van der Waals surface area contributed by atoms with Crippen molar-refractivity contribution in [3.63, 3.8) is 0 Å². The van der Waals surface area contributed by atoms with Crippen molar-refractivity contribution in [1.29, 1.82) is 0 Å². The van der Waals surface area contributed by atoms with E-state index in [1.807, 2.05) is 0 Å². The molecule has 1 amide bonds. The molecule has 104 valence electrons. The van der Waals surface area contributed by atoms with Crippen molar-refractivity contribution in [2.45, 2.75) is 33.1 Å². The van der Waals surface area contributed by atoms with Gasteiger partial charge in [-0.3, -0.25) is 9.59 Å². The van der Waals surface area contributed by atoms with Crippen LogP contribution in [-0.2, 0) is 9.59 Å². The first-order valence-corrected chi connectivity index (χ1v) is 6.69. The van der Waals surface area contributed by atoms with Crippen LogP contribution in [0.15, 0.2) is 0 Å². The Morgan fingerprint density at radius 1 is 1.44 bits per heavy atom. The molecule has 0 spiro atoms. The van der Waals surface area contributed by atoms with Crippen molar-refractivity contribution in [2.24, 2.45) is 17.8 Å². The Balaban J connectivity index is 2.35. The van der Waals surface area contributed by atoms with Crippen LogP contribution in [-0.4, -0.2) is 36.6 Å². The van der Waals surface area contributed by atoms with E-state index in [2.05, 4.69) is 24.5 Å². The first-order chi connectivity index (χ1) is 8.49. The normalized spacial score (nSPS) is 20.9. The molecule has 1 heterocycles. The molecular formula is C13H24N2O3. The van der Waals surface area contributed by atoms with E-state index in [1.54, 1.807) is 0 Å². The average molecular weight is 256 g/mol. The molecule has 2 unspecified atom stereocenters. The molecule has 1 saturated heterocycles. The van der Waals surface area contributed by atoms with Crippen LogP contribution in [0.4, 0.5) is 0 Å². The number of nitrogens with one attached hydrogen (secondary N) is 2. The van der Waals surface area contributed by atoms with Gasteiger partial charge < -0.3 is 15.7 Å². The molecule has 5 heteroatoms. The Labute approximate surface area is 108 Å². The van der Waals surface area contributed by atoms with Crippen molar-refractivity contribution in [3.05, 3.63) is 0 Å². The number of aliphatic carboxylic acids is 1. The van der Waals surface area contributed by atoms with Gasteiger partial charge >= 0.3 is 5.97 Å². The Morgan fingerprint density at radius 3 is 2.67 bits per heavy atom. The third-order valence-electron chi connectivity index (χ3n) is 3.26. The van der Waals surface area contributed by atoms with Gasteiger partial charge in [0.2, 0.25) is 5.91 Å². The van der Waals surface area contributed by atoms with E-state index < -0.39 is 5.97 Å². The third-order valence-corrected chi connectivity index (χ3v) is 3.26. The zero-order valence-electron chi connectivity index (χ0n) is 11.2. The number of carboxylic acids is 1. The summed E-state index contributed by atoms with van der Waals surface area (Å²) in [6.07, 6.45) is 1.83. The smallest absolute Gasteiger partial charge is 0.303 e. The summed E-state index contributed by atoms with van der Waals surface area (Å²) in [7, 11) is 0. The van der Waals surface area contributed by atoms with Gasteiger partial charge in [0.1, 0.15) is 0 Å². The zero-order valence-corrected chi connectivity index (χ0v) is 11.2. The fourth-order valence-electron chi connectivity index (χ4n) is 2.42. The molecule has 5 nitrogen and oxygen atoms in total. The quantitative estimate of drug-likeness (QED) is 0.631.